The number of hydrogen-bond donors (Lipinski definition) is 2. The van der Waals surface area contributed by atoms with E-state index in [1.54, 1.807) is 18.7 Å². The summed E-state index contributed by atoms with van der Waals surface area (Å²) in [4.78, 5) is 17.9. The van der Waals surface area contributed by atoms with Crippen LogP contribution in [0.1, 0.15) is 91.4 Å². The van der Waals surface area contributed by atoms with Crippen molar-refractivity contribution in [3.63, 3.8) is 0 Å². The average Bonchev–Trinajstić information content (AvgIpc) is 3.10. The largest absolute Gasteiger partial charge is 0.460 e. The highest BCUT2D eigenvalue weighted by molar-refractivity contribution is 5.69. The third-order valence-corrected chi connectivity index (χ3v) is 3.66. The summed E-state index contributed by atoms with van der Waals surface area (Å²) in [5.41, 5.74) is 5.11. The second-order valence-corrected chi connectivity index (χ2v) is 7.42. The third-order valence-electron chi connectivity index (χ3n) is 3.66. The molecule has 0 fully saturated rings. The summed E-state index contributed by atoms with van der Waals surface area (Å²) >= 11 is 0. The van der Waals surface area contributed by atoms with Crippen molar-refractivity contribution in [2.75, 3.05) is 6.54 Å². The van der Waals surface area contributed by atoms with E-state index in [9.17, 15) is 4.79 Å². The fourth-order valence-electron chi connectivity index (χ4n) is 2.44. The average molecular weight is 354 g/mol. The quantitative estimate of drug-likeness (QED) is 0.410. The molecule has 5 heteroatoms. The SMILES string of the molecule is CC(C)(C)OC(=O)CCCCCCCCCCCCN.c1c[nH]cn1. The molecule has 0 saturated carbocycles. The predicted molar refractivity (Wildman–Crippen MR) is 104 cm³/mol. The summed E-state index contributed by atoms with van der Waals surface area (Å²) in [6.07, 6.45) is 18.1. The van der Waals surface area contributed by atoms with E-state index in [2.05, 4.69) is 9.97 Å². The van der Waals surface area contributed by atoms with Gasteiger partial charge in [0.25, 0.3) is 0 Å². The van der Waals surface area contributed by atoms with Gasteiger partial charge in [-0.3, -0.25) is 4.79 Å². The first kappa shape index (κ1) is 23.6. The molecule has 0 bridgehead atoms. The number of ether oxygens (including phenoxy) is 1. The molecule has 1 aromatic heterocycles. The summed E-state index contributed by atoms with van der Waals surface area (Å²) in [7, 11) is 0. The number of nitrogens with one attached hydrogen (secondary N) is 1. The Morgan fingerprint density at radius 3 is 1.84 bits per heavy atom. The van der Waals surface area contributed by atoms with E-state index in [4.69, 9.17) is 10.5 Å². The molecule has 3 N–H and O–H groups in total. The number of H-pyrrole nitrogens is 1. The van der Waals surface area contributed by atoms with Crippen LogP contribution in [-0.2, 0) is 9.53 Å². The van der Waals surface area contributed by atoms with Gasteiger partial charge in [-0.1, -0.05) is 51.4 Å². The van der Waals surface area contributed by atoms with E-state index < -0.39 is 0 Å². The smallest absolute Gasteiger partial charge is 0.306 e. The summed E-state index contributed by atoms with van der Waals surface area (Å²) in [5, 5.41) is 0. The van der Waals surface area contributed by atoms with Gasteiger partial charge in [0.05, 0.1) is 6.33 Å². The van der Waals surface area contributed by atoms with Crippen LogP contribution in [-0.4, -0.2) is 28.1 Å². The summed E-state index contributed by atoms with van der Waals surface area (Å²) in [6.45, 7) is 6.58. The maximum absolute atomic E-state index is 11.5. The van der Waals surface area contributed by atoms with Crippen LogP contribution in [0.3, 0.4) is 0 Å². The Balaban J connectivity index is 0.000000972. The first-order valence-corrected chi connectivity index (χ1v) is 9.80. The third kappa shape index (κ3) is 20.6. The van der Waals surface area contributed by atoms with Crippen LogP contribution in [0.5, 0.6) is 0 Å². The Hall–Kier alpha value is -1.36. The number of aromatic nitrogens is 2. The summed E-state index contributed by atoms with van der Waals surface area (Å²) < 4.78 is 5.28. The van der Waals surface area contributed by atoms with Gasteiger partial charge < -0.3 is 15.5 Å². The number of unbranched alkanes of at least 4 members (excludes halogenated alkanes) is 9. The zero-order chi connectivity index (χ0) is 18.8. The highest BCUT2D eigenvalue weighted by Gasteiger charge is 2.15. The van der Waals surface area contributed by atoms with Gasteiger partial charge >= 0.3 is 5.97 Å². The Labute approximate surface area is 154 Å². The maximum atomic E-state index is 11.5. The topological polar surface area (TPSA) is 81.0 Å². The second kappa shape index (κ2) is 16.1. The molecule has 0 saturated heterocycles. The van der Waals surface area contributed by atoms with Gasteiger partial charge in [0.1, 0.15) is 5.60 Å². The van der Waals surface area contributed by atoms with Crippen molar-refractivity contribution in [2.24, 2.45) is 5.73 Å². The van der Waals surface area contributed by atoms with Crippen LogP contribution >= 0.6 is 0 Å². The van der Waals surface area contributed by atoms with E-state index in [0.29, 0.717) is 6.42 Å². The fourth-order valence-corrected chi connectivity index (χ4v) is 2.44. The Kier molecular flexibility index (Phi) is 15.2. The van der Waals surface area contributed by atoms with Gasteiger partial charge in [-0.05, 0) is 40.2 Å². The molecule has 5 nitrogen and oxygen atoms in total. The molecule has 0 aliphatic rings. The summed E-state index contributed by atoms with van der Waals surface area (Å²) in [6, 6.07) is 0. The number of carbonyl (C=O) groups excluding carboxylic acids is 1. The van der Waals surface area contributed by atoms with Gasteiger partial charge in [0.15, 0.2) is 0 Å². The molecule has 0 unspecified atom stereocenters. The molecular weight excluding hydrogens is 314 g/mol. The van der Waals surface area contributed by atoms with Crippen molar-refractivity contribution < 1.29 is 9.53 Å². The molecule has 25 heavy (non-hydrogen) atoms. The van der Waals surface area contributed by atoms with E-state index >= 15 is 0 Å². The highest BCUT2D eigenvalue weighted by atomic mass is 16.6. The van der Waals surface area contributed by atoms with Gasteiger partial charge in [0.2, 0.25) is 0 Å². The van der Waals surface area contributed by atoms with E-state index in [0.717, 1.165) is 19.4 Å². The lowest BCUT2D eigenvalue weighted by atomic mass is 10.1. The summed E-state index contributed by atoms with van der Waals surface area (Å²) in [5.74, 6) is -0.0580. The molecule has 0 spiro atoms. The molecule has 0 radical (unpaired) electrons. The van der Waals surface area contributed by atoms with Crippen LogP contribution in [0.15, 0.2) is 18.7 Å². The number of hydrogen-bond acceptors (Lipinski definition) is 4. The minimum atomic E-state index is -0.346. The number of nitrogens with two attached hydrogens (primary N) is 1. The van der Waals surface area contributed by atoms with E-state index in [1.807, 2.05) is 20.8 Å². The van der Waals surface area contributed by atoms with Gasteiger partial charge in [-0.2, -0.15) is 0 Å². The first-order valence-electron chi connectivity index (χ1n) is 9.80. The number of rotatable bonds is 12. The minimum Gasteiger partial charge on any atom is -0.460 e. The van der Waals surface area contributed by atoms with Crippen molar-refractivity contribution in [3.8, 4) is 0 Å². The van der Waals surface area contributed by atoms with Crippen molar-refractivity contribution in [3.05, 3.63) is 18.7 Å². The number of aromatic amines is 1. The second-order valence-electron chi connectivity index (χ2n) is 7.42. The molecule has 1 rings (SSSR count). The van der Waals surface area contributed by atoms with Crippen molar-refractivity contribution in [1.82, 2.24) is 9.97 Å². The lowest BCUT2D eigenvalue weighted by Crippen LogP contribution is -2.23. The lowest BCUT2D eigenvalue weighted by Gasteiger charge is -2.19. The van der Waals surface area contributed by atoms with E-state index in [-0.39, 0.29) is 11.6 Å². The van der Waals surface area contributed by atoms with Crippen LogP contribution in [0.4, 0.5) is 0 Å². The number of imidazole rings is 1. The first-order chi connectivity index (χ1) is 12.0. The molecule has 0 aromatic carbocycles. The van der Waals surface area contributed by atoms with Gasteiger partial charge in [-0.15, -0.1) is 0 Å². The lowest BCUT2D eigenvalue weighted by molar-refractivity contribution is -0.154. The van der Waals surface area contributed by atoms with Crippen molar-refractivity contribution in [2.45, 2.75) is 97.0 Å². The Bertz CT molecular complexity index is 369. The zero-order valence-electron chi connectivity index (χ0n) is 16.6. The van der Waals surface area contributed by atoms with Gasteiger partial charge in [0, 0.05) is 18.8 Å². The zero-order valence-corrected chi connectivity index (χ0v) is 16.6. The minimum absolute atomic E-state index is 0.0580. The molecular formula is C20H39N3O2. The van der Waals surface area contributed by atoms with E-state index in [1.165, 1.54) is 51.4 Å². The fraction of sp³-hybridized carbons (Fsp3) is 0.800. The normalized spacial score (nSPS) is 10.9. The maximum Gasteiger partial charge on any atom is 0.306 e. The standard InChI is InChI=1S/C17H35NO2.C3H4N2/c1-17(2,3)20-16(19)14-12-10-8-6-4-5-7-9-11-13-15-18;1-2-5-3-4-1/h4-15,18H2,1-3H3;1-3H,(H,4,5). The molecule has 1 heterocycles. The molecule has 0 aliphatic heterocycles. The monoisotopic (exact) mass is 353 g/mol. The molecule has 0 atom stereocenters. The predicted octanol–water partition coefficient (Wildman–Crippen LogP) is 4.99. The van der Waals surface area contributed by atoms with Crippen LogP contribution in [0.25, 0.3) is 0 Å². The number of nitrogens with zero attached hydrogens (tertiary/aromatic N) is 1. The highest BCUT2D eigenvalue weighted by Crippen LogP contribution is 2.13. The Morgan fingerprint density at radius 2 is 1.48 bits per heavy atom. The van der Waals surface area contributed by atoms with Gasteiger partial charge in [-0.25, -0.2) is 4.98 Å². The number of esters is 1. The van der Waals surface area contributed by atoms with Crippen LogP contribution < -0.4 is 5.73 Å². The Morgan fingerprint density at radius 1 is 0.960 bits per heavy atom. The molecule has 0 aliphatic carbocycles. The molecule has 0 amide bonds. The van der Waals surface area contributed by atoms with Crippen molar-refractivity contribution in [1.29, 1.82) is 0 Å². The van der Waals surface area contributed by atoms with Crippen LogP contribution in [0.2, 0.25) is 0 Å². The van der Waals surface area contributed by atoms with Crippen LogP contribution in [0, 0.1) is 0 Å². The molecule has 1 aromatic rings. The number of carbonyl (C=O) groups is 1. The molecule has 146 valence electrons. The van der Waals surface area contributed by atoms with Crippen molar-refractivity contribution >= 4 is 5.97 Å².